The van der Waals surface area contributed by atoms with E-state index >= 15 is 0 Å². The van der Waals surface area contributed by atoms with E-state index in [0.29, 0.717) is 17.9 Å². The molecule has 1 amide bonds. The summed E-state index contributed by atoms with van der Waals surface area (Å²) >= 11 is 1.49. The van der Waals surface area contributed by atoms with Crippen LogP contribution in [0.4, 0.5) is 0 Å². The average Bonchev–Trinajstić information content (AvgIpc) is 2.61. The van der Waals surface area contributed by atoms with E-state index in [2.05, 4.69) is 30.0 Å². The fraction of sp³-hybridized carbons (Fsp3) is 0.316. The fourth-order valence-electron chi connectivity index (χ4n) is 2.35. The number of sulfonamides is 1. The van der Waals surface area contributed by atoms with Gasteiger partial charge in [0.05, 0.1) is 11.5 Å². The smallest absolute Gasteiger partial charge is 0.230 e. The molecule has 0 aliphatic heterocycles. The lowest BCUT2D eigenvalue weighted by atomic mass is 10.1. The minimum absolute atomic E-state index is 0.0838. The molecule has 0 fully saturated rings. The maximum atomic E-state index is 12.1. The molecule has 0 spiro atoms. The lowest BCUT2D eigenvalue weighted by molar-refractivity contribution is -0.118. The second-order valence-electron chi connectivity index (χ2n) is 6.04. The van der Waals surface area contributed by atoms with Gasteiger partial charge in [0, 0.05) is 11.4 Å². The van der Waals surface area contributed by atoms with Crippen molar-refractivity contribution >= 4 is 27.7 Å². The lowest BCUT2D eigenvalue weighted by Crippen LogP contribution is -2.26. The van der Waals surface area contributed by atoms with Crippen molar-refractivity contribution in [2.24, 2.45) is 0 Å². The summed E-state index contributed by atoms with van der Waals surface area (Å²) in [6, 6.07) is 13.4. The predicted molar refractivity (Wildman–Crippen MR) is 107 cm³/mol. The monoisotopic (exact) mass is 392 g/mol. The van der Waals surface area contributed by atoms with Crippen LogP contribution in [0.25, 0.3) is 0 Å². The minimum Gasteiger partial charge on any atom is -0.351 e. The number of aryl methyl sites for hydroxylation is 2. The number of carbonyl (C=O) groups excluding carboxylic acids is 1. The van der Waals surface area contributed by atoms with Crippen LogP contribution in [0, 0.1) is 13.8 Å². The molecule has 0 heterocycles. The highest BCUT2D eigenvalue weighted by molar-refractivity contribution is 8.00. The summed E-state index contributed by atoms with van der Waals surface area (Å²) in [5.74, 6) is 0.131. The van der Waals surface area contributed by atoms with Crippen molar-refractivity contribution in [2.45, 2.75) is 31.0 Å². The van der Waals surface area contributed by atoms with Crippen LogP contribution in [-0.4, -0.2) is 27.1 Å². The van der Waals surface area contributed by atoms with Crippen molar-refractivity contribution in [3.8, 4) is 0 Å². The maximum absolute atomic E-state index is 12.1. The zero-order valence-corrected chi connectivity index (χ0v) is 16.8. The van der Waals surface area contributed by atoms with E-state index in [0.717, 1.165) is 10.5 Å². The van der Waals surface area contributed by atoms with Crippen LogP contribution < -0.4 is 10.0 Å². The first-order chi connectivity index (χ1) is 12.3. The number of benzene rings is 2. The van der Waals surface area contributed by atoms with E-state index < -0.39 is 10.0 Å². The van der Waals surface area contributed by atoms with Crippen molar-refractivity contribution in [3.05, 3.63) is 64.7 Å². The molecule has 0 aliphatic carbocycles. The Morgan fingerprint density at radius 2 is 1.73 bits per heavy atom. The molecule has 140 valence electrons. The molecule has 0 aliphatic rings. The number of thioether (sulfide) groups is 1. The van der Waals surface area contributed by atoms with E-state index in [1.54, 1.807) is 12.1 Å². The quantitative estimate of drug-likeness (QED) is 0.678. The van der Waals surface area contributed by atoms with E-state index in [4.69, 9.17) is 0 Å². The van der Waals surface area contributed by atoms with E-state index in [1.807, 2.05) is 24.3 Å². The summed E-state index contributed by atoms with van der Waals surface area (Å²) in [6.45, 7) is 4.42. The van der Waals surface area contributed by atoms with Crippen LogP contribution in [-0.2, 0) is 27.1 Å². The minimum atomic E-state index is -3.35. The Morgan fingerprint density at radius 1 is 1.04 bits per heavy atom. The Balaban J connectivity index is 1.92. The van der Waals surface area contributed by atoms with Gasteiger partial charge in [-0.25, -0.2) is 13.1 Å². The first-order valence-electron chi connectivity index (χ1n) is 8.25. The van der Waals surface area contributed by atoms with Crippen molar-refractivity contribution < 1.29 is 13.2 Å². The van der Waals surface area contributed by atoms with Crippen LogP contribution in [0.2, 0.25) is 0 Å². The number of nitrogens with one attached hydrogen (secondary N) is 2. The molecule has 2 aromatic carbocycles. The van der Waals surface area contributed by atoms with Crippen molar-refractivity contribution in [3.63, 3.8) is 0 Å². The molecule has 0 atom stereocenters. The summed E-state index contributed by atoms with van der Waals surface area (Å²) in [6.07, 6.45) is 0. The largest absolute Gasteiger partial charge is 0.351 e. The number of rotatable bonds is 8. The molecule has 7 heteroatoms. The normalized spacial score (nSPS) is 11.3. The lowest BCUT2D eigenvalue weighted by Gasteiger charge is -2.11. The number of carbonyl (C=O) groups is 1. The van der Waals surface area contributed by atoms with Gasteiger partial charge in [-0.1, -0.05) is 30.3 Å². The molecule has 26 heavy (non-hydrogen) atoms. The Labute approximate surface area is 159 Å². The van der Waals surface area contributed by atoms with Gasteiger partial charge in [-0.2, -0.15) is 0 Å². The number of hydrogen-bond acceptors (Lipinski definition) is 4. The molecule has 0 unspecified atom stereocenters. The topological polar surface area (TPSA) is 75.3 Å². The first kappa shape index (κ1) is 20.5. The molecule has 0 radical (unpaired) electrons. The van der Waals surface area contributed by atoms with Gasteiger partial charge in [-0.05, 0) is 55.3 Å². The number of amides is 1. The molecule has 2 rings (SSSR count). The van der Waals surface area contributed by atoms with Crippen molar-refractivity contribution in [1.29, 1.82) is 0 Å². The highest BCUT2D eigenvalue weighted by Crippen LogP contribution is 2.21. The predicted octanol–water partition coefficient (Wildman–Crippen LogP) is 2.76. The number of hydrogen-bond donors (Lipinski definition) is 2. The Hall–Kier alpha value is -1.83. The van der Waals surface area contributed by atoms with E-state index in [9.17, 15) is 13.2 Å². The molecule has 2 N–H and O–H groups in total. The highest BCUT2D eigenvalue weighted by atomic mass is 32.2. The van der Waals surface area contributed by atoms with E-state index in [-0.39, 0.29) is 11.7 Å². The van der Waals surface area contributed by atoms with Gasteiger partial charge in [0.25, 0.3) is 0 Å². The average molecular weight is 393 g/mol. The van der Waals surface area contributed by atoms with Gasteiger partial charge >= 0.3 is 0 Å². The molecular formula is C19H24N2O3S2. The van der Waals surface area contributed by atoms with Crippen LogP contribution in [0.1, 0.15) is 22.3 Å². The molecule has 0 aromatic heterocycles. The van der Waals surface area contributed by atoms with Gasteiger partial charge in [0.15, 0.2) is 0 Å². The van der Waals surface area contributed by atoms with Gasteiger partial charge in [-0.3, -0.25) is 4.79 Å². The summed E-state index contributed by atoms with van der Waals surface area (Å²) < 4.78 is 25.8. The molecule has 5 nitrogen and oxygen atoms in total. The van der Waals surface area contributed by atoms with Crippen molar-refractivity contribution in [1.82, 2.24) is 10.0 Å². The third-order valence-electron chi connectivity index (χ3n) is 4.10. The standard InChI is InChI=1S/C19H24N2O3S2/c1-14-8-9-18(10-15(14)2)25-12-19(22)21-11-16-6-4-5-7-17(16)13-26(23,24)20-3/h4-10,20H,11-13H2,1-3H3,(H,21,22). The van der Waals surface area contributed by atoms with Gasteiger partial charge < -0.3 is 5.32 Å². The zero-order valence-electron chi connectivity index (χ0n) is 15.2. The fourth-order valence-corrected chi connectivity index (χ4v) is 4.00. The maximum Gasteiger partial charge on any atom is 0.230 e. The van der Waals surface area contributed by atoms with Crippen LogP contribution >= 0.6 is 11.8 Å². The van der Waals surface area contributed by atoms with Crippen LogP contribution in [0.15, 0.2) is 47.4 Å². The second-order valence-corrected chi connectivity index (χ2v) is 9.02. The third kappa shape index (κ3) is 6.16. The molecule has 2 aromatic rings. The molecule has 0 saturated heterocycles. The first-order valence-corrected chi connectivity index (χ1v) is 10.9. The third-order valence-corrected chi connectivity index (χ3v) is 6.41. The summed E-state index contributed by atoms with van der Waals surface area (Å²) in [5, 5.41) is 2.86. The SMILES string of the molecule is CNS(=O)(=O)Cc1ccccc1CNC(=O)CSc1ccc(C)c(C)c1. The summed E-state index contributed by atoms with van der Waals surface area (Å²) in [4.78, 5) is 13.2. The summed E-state index contributed by atoms with van der Waals surface area (Å²) in [5.41, 5.74) is 3.92. The van der Waals surface area contributed by atoms with Crippen LogP contribution in [0.5, 0.6) is 0 Å². The second kappa shape index (κ2) is 9.21. The Morgan fingerprint density at radius 3 is 2.38 bits per heavy atom. The molecule has 0 bridgehead atoms. The summed E-state index contributed by atoms with van der Waals surface area (Å²) in [7, 11) is -1.96. The highest BCUT2D eigenvalue weighted by Gasteiger charge is 2.12. The Bertz CT molecular complexity index is 880. The molecule has 0 saturated carbocycles. The van der Waals surface area contributed by atoms with Gasteiger partial charge in [-0.15, -0.1) is 11.8 Å². The van der Waals surface area contributed by atoms with Crippen molar-refractivity contribution in [2.75, 3.05) is 12.8 Å². The van der Waals surface area contributed by atoms with E-state index in [1.165, 1.54) is 29.9 Å². The zero-order chi connectivity index (χ0) is 19.2. The van der Waals surface area contributed by atoms with Gasteiger partial charge in [0.2, 0.25) is 15.9 Å². The van der Waals surface area contributed by atoms with Gasteiger partial charge in [0.1, 0.15) is 0 Å². The molecular weight excluding hydrogens is 368 g/mol. The Kier molecular flexibility index (Phi) is 7.25. The van der Waals surface area contributed by atoms with Crippen LogP contribution in [0.3, 0.4) is 0 Å².